The number of aliphatic imine (C=N–C) groups is 2. The molecule has 0 saturated carbocycles. The number of nitrogens with one attached hydrogen (secondary N) is 1. The minimum atomic E-state index is -0.334. The van der Waals surface area contributed by atoms with Gasteiger partial charge in [-0.25, -0.2) is 9.98 Å². The third-order valence-corrected chi connectivity index (χ3v) is 10.9. The molecule has 3 atom stereocenters. The standard InChI is InChI=1S/C40H32N4S/c1-25-24-33-35(36-31-17-9-11-19-34(31)45-37(25)36)30-16-8-10-18-32(30)44(33)29-22-20-28(21-23-29)40-42-38(26-12-4-2-5-13-26)41-39(43-40)27-14-6-3-7-15-27/h2-23,25,30,32,40H,24H2,1H3,(H,41,42,43). The van der Waals surface area contributed by atoms with E-state index in [-0.39, 0.29) is 12.2 Å². The van der Waals surface area contributed by atoms with Gasteiger partial charge >= 0.3 is 0 Å². The molecule has 2 aliphatic carbocycles. The third kappa shape index (κ3) is 4.33. The topological polar surface area (TPSA) is 40.0 Å². The molecule has 0 spiro atoms. The van der Waals surface area contributed by atoms with Gasteiger partial charge in [-0.3, -0.25) is 0 Å². The Bertz CT molecular complexity index is 2030. The number of amidine groups is 2. The molecule has 4 aliphatic rings. The number of rotatable bonds is 4. The van der Waals surface area contributed by atoms with E-state index in [1.54, 1.807) is 4.88 Å². The first-order chi connectivity index (χ1) is 22.2. The molecule has 9 rings (SSSR count). The summed E-state index contributed by atoms with van der Waals surface area (Å²) in [5.74, 6) is 2.50. The van der Waals surface area contributed by atoms with Gasteiger partial charge in [-0.2, -0.15) is 0 Å². The predicted molar refractivity (Wildman–Crippen MR) is 188 cm³/mol. The van der Waals surface area contributed by atoms with Gasteiger partial charge in [0.05, 0.1) is 6.04 Å². The van der Waals surface area contributed by atoms with Crippen LogP contribution in [0, 0.1) is 5.92 Å². The van der Waals surface area contributed by atoms with Gasteiger partial charge in [-0.15, -0.1) is 11.3 Å². The summed E-state index contributed by atoms with van der Waals surface area (Å²) in [6.45, 7) is 2.40. The summed E-state index contributed by atoms with van der Waals surface area (Å²) in [5, 5.41) is 4.90. The van der Waals surface area contributed by atoms with Gasteiger partial charge in [-0.1, -0.05) is 122 Å². The average molecular weight is 601 g/mol. The summed E-state index contributed by atoms with van der Waals surface area (Å²) < 4.78 is 1.39. The van der Waals surface area contributed by atoms with Crippen molar-refractivity contribution in [1.82, 2.24) is 5.32 Å². The Labute approximate surface area is 267 Å². The maximum Gasteiger partial charge on any atom is 0.169 e. The van der Waals surface area contributed by atoms with E-state index in [2.05, 4.69) is 114 Å². The van der Waals surface area contributed by atoms with Gasteiger partial charge in [0.25, 0.3) is 0 Å². The van der Waals surface area contributed by atoms with Gasteiger partial charge in [-0.05, 0) is 41.7 Å². The zero-order chi connectivity index (χ0) is 29.9. The molecule has 2 aliphatic heterocycles. The molecule has 218 valence electrons. The van der Waals surface area contributed by atoms with Crippen molar-refractivity contribution < 1.29 is 0 Å². The average Bonchev–Trinajstić information content (AvgIpc) is 3.65. The lowest BCUT2D eigenvalue weighted by molar-refractivity contribution is 0.684. The van der Waals surface area contributed by atoms with Crippen LogP contribution in [0.1, 0.15) is 52.6 Å². The Kier molecular flexibility index (Phi) is 6.20. The van der Waals surface area contributed by atoms with Crippen LogP contribution in [0.3, 0.4) is 0 Å². The highest BCUT2D eigenvalue weighted by Crippen LogP contribution is 2.56. The molecule has 3 heterocycles. The van der Waals surface area contributed by atoms with Gasteiger partial charge < -0.3 is 10.2 Å². The first kappa shape index (κ1) is 26.4. The lowest BCUT2D eigenvalue weighted by atomic mass is 9.80. The van der Waals surface area contributed by atoms with E-state index < -0.39 is 0 Å². The first-order valence-electron chi connectivity index (χ1n) is 15.8. The highest BCUT2D eigenvalue weighted by atomic mass is 32.1. The van der Waals surface area contributed by atoms with Crippen LogP contribution in [0.2, 0.25) is 0 Å². The van der Waals surface area contributed by atoms with Gasteiger partial charge in [0.1, 0.15) is 11.7 Å². The molecule has 45 heavy (non-hydrogen) atoms. The predicted octanol–water partition coefficient (Wildman–Crippen LogP) is 9.25. The highest BCUT2D eigenvalue weighted by Gasteiger charge is 2.44. The minimum absolute atomic E-state index is 0.270. The van der Waals surface area contributed by atoms with Crippen LogP contribution >= 0.6 is 11.3 Å². The van der Waals surface area contributed by atoms with Crippen molar-refractivity contribution in [3.8, 4) is 0 Å². The summed E-state index contributed by atoms with van der Waals surface area (Å²) in [5.41, 5.74) is 8.87. The van der Waals surface area contributed by atoms with E-state index in [0.29, 0.717) is 11.8 Å². The summed E-state index contributed by atoms with van der Waals surface area (Å²) in [6.07, 6.45) is 9.96. The smallest absolute Gasteiger partial charge is 0.169 e. The van der Waals surface area contributed by atoms with Crippen molar-refractivity contribution in [2.45, 2.75) is 31.5 Å². The van der Waals surface area contributed by atoms with Crippen LogP contribution in [0.25, 0.3) is 15.7 Å². The number of anilines is 1. The molecule has 0 saturated heterocycles. The van der Waals surface area contributed by atoms with Gasteiger partial charge in [0, 0.05) is 49.0 Å². The quantitative estimate of drug-likeness (QED) is 0.223. The summed E-state index contributed by atoms with van der Waals surface area (Å²) in [4.78, 5) is 14.3. The van der Waals surface area contributed by atoms with E-state index in [1.807, 2.05) is 47.7 Å². The van der Waals surface area contributed by atoms with Gasteiger partial charge in [0.2, 0.25) is 0 Å². The monoisotopic (exact) mass is 600 g/mol. The number of fused-ring (bicyclic) bond motifs is 6. The largest absolute Gasteiger partial charge is 0.337 e. The Morgan fingerprint density at radius 2 is 1.38 bits per heavy atom. The molecule has 5 heteroatoms. The number of allylic oxidation sites excluding steroid dienone is 3. The second-order valence-electron chi connectivity index (χ2n) is 12.2. The zero-order valence-electron chi connectivity index (χ0n) is 25.0. The maximum atomic E-state index is 5.09. The summed E-state index contributed by atoms with van der Waals surface area (Å²) in [7, 11) is 0. The number of hydrogen-bond acceptors (Lipinski definition) is 5. The van der Waals surface area contributed by atoms with Crippen LogP contribution in [0.4, 0.5) is 5.69 Å². The number of thiophene rings is 1. The fraction of sp³-hybridized carbons (Fsp3) is 0.150. The number of nitrogens with zero attached hydrogens (tertiary/aromatic N) is 3. The van der Waals surface area contributed by atoms with Gasteiger partial charge in [0.15, 0.2) is 6.17 Å². The molecule has 4 aromatic carbocycles. The Morgan fingerprint density at radius 3 is 2.09 bits per heavy atom. The van der Waals surface area contributed by atoms with E-state index in [9.17, 15) is 0 Å². The molecule has 5 aromatic rings. The molecular formula is C40H32N4S. The van der Waals surface area contributed by atoms with Crippen molar-refractivity contribution in [2.24, 2.45) is 15.9 Å². The first-order valence-corrected chi connectivity index (χ1v) is 16.6. The van der Waals surface area contributed by atoms with Crippen molar-refractivity contribution in [3.05, 3.63) is 166 Å². The fourth-order valence-electron chi connectivity index (χ4n) is 7.42. The Morgan fingerprint density at radius 1 is 0.733 bits per heavy atom. The maximum absolute atomic E-state index is 5.09. The van der Waals surface area contributed by atoms with E-state index in [4.69, 9.17) is 9.98 Å². The Balaban J connectivity index is 1.12. The molecule has 0 bridgehead atoms. The van der Waals surface area contributed by atoms with Crippen LogP contribution in [-0.2, 0) is 0 Å². The highest BCUT2D eigenvalue weighted by molar-refractivity contribution is 7.19. The van der Waals surface area contributed by atoms with Crippen LogP contribution < -0.4 is 10.2 Å². The molecule has 3 unspecified atom stereocenters. The van der Waals surface area contributed by atoms with Crippen molar-refractivity contribution >= 4 is 44.4 Å². The molecule has 1 aromatic heterocycles. The van der Waals surface area contributed by atoms with E-state index in [0.717, 1.165) is 34.8 Å². The van der Waals surface area contributed by atoms with Crippen molar-refractivity contribution in [3.63, 3.8) is 0 Å². The molecule has 0 fully saturated rings. The zero-order valence-corrected chi connectivity index (χ0v) is 25.8. The molecule has 4 nitrogen and oxygen atoms in total. The lowest BCUT2D eigenvalue weighted by Gasteiger charge is -2.32. The van der Waals surface area contributed by atoms with E-state index in [1.165, 1.54) is 32.6 Å². The second kappa shape index (κ2) is 10.6. The van der Waals surface area contributed by atoms with Crippen LogP contribution in [0.5, 0.6) is 0 Å². The number of hydrogen-bond donors (Lipinski definition) is 1. The minimum Gasteiger partial charge on any atom is -0.337 e. The SMILES string of the molecule is CC1CC2=C(c3c1sc1ccccc31)C1C=CC=CC1N2c1ccc(C2N=C(c3ccccc3)NC(c3ccccc3)=N2)cc1. The van der Waals surface area contributed by atoms with Crippen molar-refractivity contribution in [2.75, 3.05) is 4.90 Å². The molecular weight excluding hydrogens is 569 g/mol. The van der Waals surface area contributed by atoms with Crippen molar-refractivity contribution in [1.29, 1.82) is 0 Å². The van der Waals surface area contributed by atoms with Crippen LogP contribution in [-0.4, -0.2) is 17.7 Å². The normalized spacial score (nSPS) is 22.1. The molecule has 1 N–H and O–H groups in total. The molecule has 0 radical (unpaired) electrons. The number of benzene rings is 4. The second-order valence-corrected chi connectivity index (χ2v) is 13.3. The Hall–Kier alpha value is -5.00. The summed E-state index contributed by atoms with van der Waals surface area (Å²) in [6, 6.07) is 38.8. The summed E-state index contributed by atoms with van der Waals surface area (Å²) >= 11 is 1.98. The van der Waals surface area contributed by atoms with Crippen LogP contribution in [0.15, 0.2) is 149 Å². The fourth-order valence-corrected chi connectivity index (χ4v) is 8.69. The lowest BCUT2D eigenvalue weighted by Crippen LogP contribution is -2.36. The molecule has 0 amide bonds. The van der Waals surface area contributed by atoms with E-state index >= 15 is 0 Å². The third-order valence-electron chi connectivity index (χ3n) is 9.48.